The maximum Gasteiger partial charge on any atom is 0.137 e. The zero-order valence-electron chi connectivity index (χ0n) is 13.4. The van der Waals surface area contributed by atoms with Gasteiger partial charge in [-0.25, -0.2) is 4.99 Å². The van der Waals surface area contributed by atoms with Gasteiger partial charge in [0.15, 0.2) is 0 Å². The van der Waals surface area contributed by atoms with Crippen molar-refractivity contribution >= 4 is 28.0 Å². The molecular weight excluding hydrogens is 328 g/mol. The van der Waals surface area contributed by atoms with Crippen LogP contribution in [0.1, 0.15) is 16.7 Å². The van der Waals surface area contributed by atoms with Gasteiger partial charge in [0.1, 0.15) is 11.2 Å². The molecule has 0 heterocycles. The van der Waals surface area contributed by atoms with Crippen molar-refractivity contribution in [2.75, 3.05) is 0 Å². The zero-order chi connectivity index (χ0) is 17.5. The third kappa shape index (κ3) is 4.03. The molecular formula is C22H15ClN2. The summed E-state index contributed by atoms with van der Waals surface area (Å²) in [5.74, 6) is 0. The summed E-state index contributed by atoms with van der Waals surface area (Å²) in [6, 6.07) is 30.9. The van der Waals surface area contributed by atoms with E-state index in [9.17, 15) is 5.26 Å². The average Bonchev–Trinajstić information content (AvgIpc) is 2.70. The molecule has 3 aromatic carbocycles. The van der Waals surface area contributed by atoms with Gasteiger partial charge < -0.3 is 0 Å². The highest BCUT2D eigenvalue weighted by atomic mass is 35.5. The number of nitriles is 1. The van der Waals surface area contributed by atoms with Gasteiger partial charge in [-0.1, -0.05) is 103 Å². The molecule has 0 amide bonds. The maximum absolute atomic E-state index is 9.77. The zero-order valence-corrected chi connectivity index (χ0v) is 14.2. The van der Waals surface area contributed by atoms with Crippen LogP contribution in [0.15, 0.2) is 96.0 Å². The maximum atomic E-state index is 9.77. The third-order valence-corrected chi connectivity index (χ3v) is 3.98. The summed E-state index contributed by atoms with van der Waals surface area (Å²) in [6.07, 6.45) is 0. The Labute approximate surface area is 152 Å². The van der Waals surface area contributed by atoms with E-state index in [1.165, 1.54) is 0 Å². The van der Waals surface area contributed by atoms with Gasteiger partial charge >= 0.3 is 0 Å². The molecule has 0 aliphatic carbocycles. The van der Waals surface area contributed by atoms with E-state index in [0.29, 0.717) is 16.4 Å². The first-order valence-electron chi connectivity index (χ1n) is 7.84. The van der Waals surface area contributed by atoms with E-state index in [1.807, 2.05) is 91.0 Å². The highest BCUT2D eigenvalue weighted by Crippen LogP contribution is 2.28. The van der Waals surface area contributed by atoms with E-state index in [-0.39, 0.29) is 0 Å². The molecule has 0 fully saturated rings. The van der Waals surface area contributed by atoms with Crippen molar-refractivity contribution in [3.8, 4) is 6.07 Å². The summed E-state index contributed by atoms with van der Waals surface area (Å²) in [7, 11) is 0. The predicted octanol–water partition coefficient (Wildman–Crippen LogP) is 5.76. The van der Waals surface area contributed by atoms with E-state index in [4.69, 9.17) is 11.6 Å². The Balaban J connectivity index is 2.21. The van der Waals surface area contributed by atoms with Crippen LogP contribution in [0.5, 0.6) is 0 Å². The molecule has 0 spiro atoms. The van der Waals surface area contributed by atoms with Crippen LogP contribution in [0, 0.1) is 11.3 Å². The molecule has 2 nitrogen and oxygen atoms in total. The van der Waals surface area contributed by atoms with Gasteiger partial charge in [0.05, 0.1) is 11.3 Å². The number of aliphatic imine (C=N–C) groups is 1. The summed E-state index contributed by atoms with van der Waals surface area (Å²) >= 11 is 6.45. The van der Waals surface area contributed by atoms with Crippen LogP contribution in [0.4, 0.5) is 0 Å². The van der Waals surface area contributed by atoms with Crippen LogP contribution in [0.3, 0.4) is 0 Å². The Kier molecular flexibility index (Phi) is 5.41. The first-order chi connectivity index (χ1) is 12.3. The minimum atomic E-state index is 0.350. The normalized spacial score (nSPS) is 12.2. The summed E-state index contributed by atoms with van der Waals surface area (Å²) in [5, 5.41) is 10.1. The minimum absolute atomic E-state index is 0.350. The third-order valence-electron chi connectivity index (χ3n) is 3.68. The molecule has 3 rings (SSSR count). The van der Waals surface area contributed by atoms with Gasteiger partial charge in [-0.2, -0.15) is 5.26 Å². The molecule has 0 unspecified atom stereocenters. The van der Waals surface area contributed by atoms with Crippen molar-refractivity contribution in [1.29, 1.82) is 5.26 Å². The van der Waals surface area contributed by atoms with Crippen LogP contribution in [0.25, 0.3) is 11.3 Å². The van der Waals surface area contributed by atoms with Crippen molar-refractivity contribution < 1.29 is 0 Å². The first-order valence-corrected chi connectivity index (χ1v) is 8.22. The molecule has 0 aliphatic rings. The first kappa shape index (κ1) is 16.7. The van der Waals surface area contributed by atoms with Crippen molar-refractivity contribution in [3.05, 3.63) is 108 Å². The number of hydrogen-bond acceptors (Lipinski definition) is 2. The summed E-state index contributed by atoms with van der Waals surface area (Å²) in [4.78, 5) is 4.60. The van der Waals surface area contributed by atoms with Crippen LogP contribution in [-0.4, -0.2) is 5.17 Å². The second-order valence-corrected chi connectivity index (χ2v) is 5.69. The Hall–Kier alpha value is -3.15. The van der Waals surface area contributed by atoms with Gasteiger partial charge in [0.25, 0.3) is 0 Å². The molecule has 0 saturated heterocycles. The van der Waals surface area contributed by atoms with Gasteiger partial charge in [-0.3, -0.25) is 0 Å². The van der Waals surface area contributed by atoms with Gasteiger partial charge in [0.2, 0.25) is 0 Å². The molecule has 0 saturated carbocycles. The van der Waals surface area contributed by atoms with Gasteiger partial charge in [0, 0.05) is 11.1 Å². The van der Waals surface area contributed by atoms with Crippen LogP contribution in [0.2, 0.25) is 0 Å². The fourth-order valence-corrected chi connectivity index (χ4v) is 2.67. The van der Waals surface area contributed by atoms with Crippen LogP contribution < -0.4 is 0 Å². The molecule has 0 radical (unpaired) electrons. The Morgan fingerprint density at radius 3 is 1.60 bits per heavy atom. The molecule has 0 aromatic heterocycles. The van der Waals surface area contributed by atoms with E-state index < -0.39 is 0 Å². The predicted molar refractivity (Wildman–Crippen MR) is 104 cm³/mol. The lowest BCUT2D eigenvalue weighted by Crippen LogP contribution is -1.95. The van der Waals surface area contributed by atoms with E-state index >= 15 is 0 Å². The molecule has 0 aliphatic heterocycles. The SMILES string of the molecule is N#C/C(=C(\N=C(Cl)c1ccccc1)c1ccccc1)c1ccccc1. The van der Waals surface area contributed by atoms with Gasteiger partial charge in [-0.15, -0.1) is 0 Å². The molecule has 0 N–H and O–H groups in total. The highest BCUT2D eigenvalue weighted by molar-refractivity contribution is 6.70. The van der Waals surface area contributed by atoms with Crippen molar-refractivity contribution in [2.24, 2.45) is 4.99 Å². The quantitative estimate of drug-likeness (QED) is 0.337. The second-order valence-electron chi connectivity index (χ2n) is 5.34. The van der Waals surface area contributed by atoms with Gasteiger partial charge in [-0.05, 0) is 5.56 Å². The number of hydrogen-bond donors (Lipinski definition) is 0. The van der Waals surface area contributed by atoms with Crippen molar-refractivity contribution in [1.82, 2.24) is 0 Å². The second kappa shape index (κ2) is 8.10. The smallest absolute Gasteiger partial charge is 0.137 e. The topological polar surface area (TPSA) is 36.1 Å². The molecule has 120 valence electrons. The molecule has 0 atom stereocenters. The number of rotatable bonds is 4. The number of nitrogens with zero attached hydrogens (tertiary/aromatic N) is 2. The molecule has 25 heavy (non-hydrogen) atoms. The Bertz CT molecular complexity index is 938. The van der Waals surface area contributed by atoms with Crippen molar-refractivity contribution in [2.45, 2.75) is 0 Å². The summed E-state index contributed by atoms with van der Waals surface area (Å²) in [6.45, 7) is 0. The lowest BCUT2D eigenvalue weighted by atomic mass is 10.0. The summed E-state index contributed by atoms with van der Waals surface area (Å²) in [5.41, 5.74) is 3.51. The lowest BCUT2D eigenvalue weighted by molar-refractivity contribution is 1.47. The molecule has 0 bridgehead atoms. The van der Waals surface area contributed by atoms with E-state index in [1.54, 1.807) is 0 Å². The Morgan fingerprint density at radius 1 is 0.680 bits per heavy atom. The average molecular weight is 343 g/mol. The Morgan fingerprint density at radius 2 is 1.12 bits per heavy atom. The largest absolute Gasteiger partial charge is 0.234 e. The molecule has 3 heteroatoms. The minimum Gasteiger partial charge on any atom is -0.234 e. The number of halogens is 1. The fourth-order valence-electron chi connectivity index (χ4n) is 2.46. The van der Waals surface area contributed by atoms with Crippen molar-refractivity contribution in [3.63, 3.8) is 0 Å². The van der Waals surface area contributed by atoms with Crippen LogP contribution in [-0.2, 0) is 0 Å². The highest BCUT2D eigenvalue weighted by Gasteiger charge is 2.12. The number of benzene rings is 3. The molecule has 3 aromatic rings. The fraction of sp³-hybridized carbons (Fsp3) is 0. The van der Waals surface area contributed by atoms with Crippen LogP contribution >= 0.6 is 11.6 Å². The van der Waals surface area contributed by atoms with E-state index in [2.05, 4.69) is 11.1 Å². The monoisotopic (exact) mass is 342 g/mol. The van der Waals surface area contributed by atoms with E-state index in [0.717, 1.165) is 16.7 Å². The number of allylic oxidation sites excluding steroid dienone is 1. The lowest BCUT2D eigenvalue weighted by Gasteiger charge is -2.08. The summed E-state index contributed by atoms with van der Waals surface area (Å²) < 4.78 is 0. The standard InChI is InChI=1S/C22H15ClN2/c23-22(19-14-8-3-9-15-19)25-21(18-12-6-2-7-13-18)20(16-24)17-10-4-1-5-11-17/h1-15H/b21-20+,25-22?.